The Morgan fingerprint density at radius 3 is 2.43 bits per heavy atom. The van der Waals surface area contributed by atoms with Crippen LogP contribution in [0.4, 0.5) is 5.82 Å². The number of amides is 1. The third-order valence-corrected chi connectivity index (χ3v) is 3.12. The number of para-hydroxylation sites is 1. The van der Waals surface area contributed by atoms with E-state index in [0.717, 1.165) is 5.69 Å². The molecule has 0 unspecified atom stereocenters. The van der Waals surface area contributed by atoms with Crippen LogP contribution in [0.2, 0.25) is 0 Å². The number of aromatic nitrogens is 2. The summed E-state index contributed by atoms with van der Waals surface area (Å²) in [5.74, 6) is -0.252. The molecule has 6 nitrogen and oxygen atoms in total. The Bertz CT molecular complexity index is 700. The zero-order valence-corrected chi connectivity index (χ0v) is 13.8. The molecule has 6 heteroatoms. The molecule has 23 heavy (non-hydrogen) atoms. The lowest BCUT2D eigenvalue weighted by Crippen LogP contribution is -2.28. The smallest absolute Gasteiger partial charge is 0.358 e. The molecule has 2 aromatic rings. The Kier molecular flexibility index (Phi) is 4.83. The summed E-state index contributed by atoms with van der Waals surface area (Å²) in [6, 6.07) is 10.8. The predicted molar refractivity (Wildman–Crippen MR) is 87.6 cm³/mol. The molecule has 0 bridgehead atoms. The van der Waals surface area contributed by atoms with Crippen LogP contribution in [0.15, 0.2) is 36.4 Å². The van der Waals surface area contributed by atoms with Crippen LogP contribution >= 0.6 is 0 Å². The van der Waals surface area contributed by atoms with E-state index in [1.807, 2.05) is 51.1 Å². The highest BCUT2D eigenvalue weighted by atomic mass is 16.5. The van der Waals surface area contributed by atoms with E-state index < -0.39 is 11.4 Å². The van der Waals surface area contributed by atoms with Crippen molar-refractivity contribution in [3.05, 3.63) is 42.1 Å². The Labute approximate surface area is 135 Å². The lowest BCUT2D eigenvalue weighted by Gasteiger charge is -2.18. The maximum Gasteiger partial charge on any atom is 0.358 e. The largest absolute Gasteiger partial charge is 0.461 e. The maximum atomic E-state index is 12.3. The van der Waals surface area contributed by atoms with E-state index in [-0.39, 0.29) is 18.2 Å². The van der Waals surface area contributed by atoms with Gasteiger partial charge in [-0.15, -0.1) is 0 Å². The van der Waals surface area contributed by atoms with E-state index in [1.165, 1.54) is 10.7 Å². The second-order valence-electron chi connectivity index (χ2n) is 6.09. The fraction of sp³-hybridized carbons (Fsp3) is 0.353. The molecule has 1 heterocycles. The second kappa shape index (κ2) is 6.64. The lowest BCUT2D eigenvalue weighted by molar-refractivity contribution is -0.123. The van der Waals surface area contributed by atoms with Gasteiger partial charge in [-0.25, -0.2) is 9.48 Å². The molecular formula is C17H21N3O3. The summed E-state index contributed by atoms with van der Waals surface area (Å²) in [7, 11) is 0. The van der Waals surface area contributed by atoms with E-state index in [4.69, 9.17) is 4.74 Å². The highest BCUT2D eigenvalue weighted by Crippen LogP contribution is 2.21. The highest BCUT2D eigenvalue weighted by Gasteiger charge is 2.24. The van der Waals surface area contributed by atoms with Crippen molar-refractivity contribution in [1.82, 2.24) is 9.78 Å². The molecule has 122 valence electrons. The molecule has 1 N–H and O–H groups in total. The number of hydrogen-bond donors (Lipinski definition) is 1. The SMILES string of the molecule is CCOC(=O)c1cc(NC(=O)C(C)(C)C)n(-c2ccccc2)n1. The van der Waals surface area contributed by atoms with Gasteiger partial charge in [-0.1, -0.05) is 39.0 Å². The van der Waals surface area contributed by atoms with Gasteiger partial charge in [0.1, 0.15) is 5.82 Å². The van der Waals surface area contributed by atoms with Crippen molar-refractivity contribution in [2.45, 2.75) is 27.7 Å². The molecule has 0 atom stereocenters. The monoisotopic (exact) mass is 315 g/mol. The van der Waals surface area contributed by atoms with Gasteiger partial charge in [-0.3, -0.25) is 4.79 Å². The zero-order chi connectivity index (χ0) is 17.0. The van der Waals surface area contributed by atoms with E-state index in [1.54, 1.807) is 6.92 Å². The quantitative estimate of drug-likeness (QED) is 0.880. The number of carbonyl (C=O) groups excluding carboxylic acids is 2. The van der Waals surface area contributed by atoms with Crippen LogP contribution in [-0.2, 0) is 9.53 Å². The van der Waals surface area contributed by atoms with E-state index >= 15 is 0 Å². The molecule has 1 amide bonds. The van der Waals surface area contributed by atoms with Gasteiger partial charge in [0.05, 0.1) is 12.3 Å². The number of nitrogens with zero attached hydrogens (tertiary/aromatic N) is 2. The first-order valence-corrected chi connectivity index (χ1v) is 7.47. The molecule has 0 aliphatic rings. The van der Waals surface area contributed by atoms with Gasteiger partial charge in [0.25, 0.3) is 0 Å². The molecule has 0 saturated carbocycles. The minimum atomic E-state index is -0.560. The zero-order valence-electron chi connectivity index (χ0n) is 13.8. The normalized spacial score (nSPS) is 11.1. The number of benzene rings is 1. The van der Waals surface area contributed by atoms with Crippen molar-refractivity contribution in [2.24, 2.45) is 5.41 Å². The summed E-state index contributed by atoms with van der Waals surface area (Å²) >= 11 is 0. The van der Waals surface area contributed by atoms with E-state index in [9.17, 15) is 9.59 Å². The van der Waals surface area contributed by atoms with Crippen LogP contribution in [0.3, 0.4) is 0 Å². The van der Waals surface area contributed by atoms with Gasteiger partial charge in [-0.05, 0) is 19.1 Å². The van der Waals surface area contributed by atoms with E-state index in [2.05, 4.69) is 10.4 Å². The summed E-state index contributed by atoms with van der Waals surface area (Å²) in [6.07, 6.45) is 0. The molecule has 0 spiro atoms. The number of esters is 1. The molecule has 0 aliphatic heterocycles. The Balaban J connectivity index is 2.42. The van der Waals surface area contributed by atoms with Crippen LogP contribution in [0.5, 0.6) is 0 Å². The maximum absolute atomic E-state index is 12.3. The van der Waals surface area contributed by atoms with Crippen molar-refractivity contribution in [3.8, 4) is 5.69 Å². The van der Waals surface area contributed by atoms with E-state index in [0.29, 0.717) is 5.82 Å². The first-order valence-electron chi connectivity index (χ1n) is 7.47. The first kappa shape index (κ1) is 16.7. The second-order valence-corrected chi connectivity index (χ2v) is 6.09. The van der Waals surface area contributed by atoms with Crippen molar-refractivity contribution < 1.29 is 14.3 Å². The number of ether oxygens (including phenoxy) is 1. The Hall–Kier alpha value is -2.63. The van der Waals surface area contributed by atoms with Gasteiger partial charge in [0.2, 0.25) is 5.91 Å². The number of nitrogens with one attached hydrogen (secondary N) is 1. The number of anilines is 1. The molecule has 1 aromatic carbocycles. The van der Waals surface area contributed by atoms with Crippen molar-refractivity contribution in [2.75, 3.05) is 11.9 Å². The summed E-state index contributed by atoms with van der Waals surface area (Å²) in [4.78, 5) is 24.2. The predicted octanol–water partition coefficient (Wildman–Crippen LogP) is 3.03. The highest BCUT2D eigenvalue weighted by molar-refractivity contribution is 5.95. The minimum absolute atomic E-state index is 0.153. The van der Waals surface area contributed by atoms with Gasteiger partial charge < -0.3 is 10.1 Å². The Morgan fingerprint density at radius 2 is 1.87 bits per heavy atom. The molecular weight excluding hydrogens is 294 g/mol. The molecule has 0 radical (unpaired) electrons. The number of rotatable bonds is 4. The third-order valence-electron chi connectivity index (χ3n) is 3.12. The minimum Gasteiger partial charge on any atom is -0.461 e. The van der Waals surface area contributed by atoms with Crippen LogP contribution in [-0.4, -0.2) is 28.3 Å². The first-order chi connectivity index (χ1) is 10.8. The standard InChI is InChI=1S/C17H21N3O3/c1-5-23-15(21)13-11-14(18-16(22)17(2,3)4)20(19-13)12-9-7-6-8-10-12/h6-11H,5H2,1-4H3,(H,18,22). The molecule has 1 aromatic heterocycles. The van der Waals surface area contributed by atoms with Gasteiger partial charge in [-0.2, -0.15) is 5.10 Å². The lowest BCUT2D eigenvalue weighted by atomic mass is 9.96. The summed E-state index contributed by atoms with van der Waals surface area (Å²) in [6.45, 7) is 7.45. The van der Waals surface area contributed by atoms with Crippen molar-refractivity contribution in [3.63, 3.8) is 0 Å². The van der Waals surface area contributed by atoms with Crippen molar-refractivity contribution in [1.29, 1.82) is 0 Å². The summed E-state index contributed by atoms with van der Waals surface area (Å²) in [5, 5.41) is 7.08. The summed E-state index contributed by atoms with van der Waals surface area (Å²) < 4.78 is 6.50. The molecule has 0 aliphatic carbocycles. The molecule has 0 fully saturated rings. The van der Waals surface area contributed by atoms with Crippen LogP contribution in [0, 0.1) is 5.41 Å². The van der Waals surface area contributed by atoms with Crippen LogP contribution in [0.25, 0.3) is 5.69 Å². The average Bonchev–Trinajstić information content (AvgIpc) is 2.91. The fourth-order valence-electron chi connectivity index (χ4n) is 1.84. The molecule has 2 rings (SSSR count). The number of carbonyl (C=O) groups is 2. The van der Waals surface area contributed by atoms with Crippen LogP contribution < -0.4 is 5.32 Å². The van der Waals surface area contributed by atoms with Crippen molar-refractivity contribution >= 4 is 17.7 Å². The Morgan fingerprint density at radius 1 is 1.22 bits per heavy atom. The topological polar surface area (TPSA) is 73.2 Å². The fourth-order valence-corrected chi connectivity index (χ4v) is 1.84. The van der Waals surface area contributed by atoms with Gasteiger partial charge in [0.15, 0.2) is 5.69 Å². The third kappa shape index (κ3) is 3.97. The number of hydrogen-bond acceptors (Lipinski definition) is 4. The van der Waals surface area contributed by atoms with Gasteiger partial charge in [0, 0.05) is 11.5 Å². The van der Waals surface area contributed by atoms with Crippen LogP contribution in [0.1, 0.15) is 38.2 Å². The molecule has 0 saturated heterocycles. The van der Waals surface area contributed by atoms with Gasteiger partial charge >= 0.3 is 5.97 Å². The summed E-state index contributed by atoms with van der Waals surface area (Å²) in [5.41, 5.74) is 0.336. The average molecular weight is 315 g/mol.